The minimum atomic E-state index is -0.272. The summed E-state index contributed by atoms with van der Waals surface area (Å²) in [5.74, 6) is 0.271. The van der Waals surface area contributed by atoms with E-state index in [9.17, 15) is 4.79 Å². The second-order valence-electron chi connectivity index (χ2n) is 5.85. The van der Waals surface area contributed by atoms with E-state index < -0.39 is 0 Å². The summed E-state index contributed by atoms with van der Waals surface area (Å²) >= 11 is 7.42. The van der Waals surface area contributed by atoms with Crippen molar-refractivity contribution in [1.82, 2.24) is 4.98 Å². The van der Waals surface area contributed by atoms with Gasteiger partial charge in [0, 0.05) is 10.6 Å². The number of furan rings is 1. The molecule has 0 aliphatic rings. The highest BCUT2D eigenvalue weighted by Crippen LogP contribution is 2.31. The van der Waals surface area contributed by atoms with Gasteiger partial charge in [0.25, 0.3) is 5.91 Å². The van der Waals surface area contributed by atoms with Gasteiger partial charge in [-0.05, 0) is 49.4 Å². The molecule has 5 nitrogen and oxygen atoms in total. The molecule has 4 aromatic rings. The van der Waals surface area contributed by atoms with E-state index in [1.807, 2.05) is 37.3 Å². The molecule has 7 heteroatoms. The van der Waals surface area contributed by atoms with Crippen LogP contribution in [-0.4, -0.2) is 17.1 Å². The zero-order valence-electron chi connectivity index (χ0n) is 14.3. The summed E-state index contributed by atoms with van der Waals surface area (Å²) in [6.07, 6.45) is 3.04. The lowest BCUT2D eigenvalue weighted by molar-refractivity contribution is 0.0987. The van der Waals surface area contributed by atoms with Gasteiger partial charge in [-0.25, -0.2) is 4.98 Å². The van der Waals surface area contributed by atoms with Crippen molar-refractivity contribution in [3.8, 4) is 0 Å². The lowest BCUT2D eigenvalue weighted by Crippen LogP contribution is -2.25. The van der Waals surface area contributed by atoms with Crippen LogP contribution in [0.3, 0.4) is 0 Å². The zero-order valence-corrected chi connectivity index (χ0v) is 15.9. The van der Waals surface area contributed by atoms with Crippen molar-refractivity contribution < 1.29 is 9.21 Å². The Morgan fingerprint density at radius 1 is 1.22 bits per heavy atom. The Morgan fingerprint density at radius 2 is 2.11 bits per heavy atom. The molecule has 0 saturated heterocycles. The standard InChI is InChI=1S/C20H14ClN3O2S/c1-13-4-2-5-14(10-13)19(25)24(22-12-16-6-3-9-26-16)20-23-17-8-7-15(21)11-18(17)27-20/h2-12H,1H3/b22-12-. The number of halogens is 1. The lowest BCUT2D eigenvalue weighted by atomic mass is 10.1. The number of aromatic nitrogens is 1. The SMILES string of the molecule is Cc1cccc(C(=O)N(/N=C\c2ccco2)c2nc3ccc(Cl)cc3s2)c1. The van der Waals surface area contributed by atoms with E-state index in [1.165, 1.54) is 22.6 Å². The number of amides is 1. The summed E-state index contributed by atoms with van der Waals surface area (Å²) in [6.45, 7) is 1.94. The summed E-state index contributed by atoms with van der Waals surface area (Å²) in [6, 6.07) is 16.3. The fourth-order valence-corrected chi connectivity index (χ4v) is 3.74. The Kier molecular flexibility index (Phi) is 4.75. The molecule has 2 heterocycles. The van der Waals surface area contributed by atoms with Crippen LogP contribution in [-0.2, 0) is 0 Å². The number of fused-ring (bicyclic) bond motifs is 1. The topological polar surface area (TPSA) is 58.7 Å². The Morgan fingerprint density at radius 3 is 2.89 bits per heavy atom. The molecule has 0 unspecified atom stereocenters. The van der Waals surface area contributed by atoms with Crippen LogP contribution >= 0.6 is 22.9 Å². The zero-order chi connectivity index (χ0) is 18.8. The summed E-state index contributed by atoms with van der Waals surface area (Å²) in [7, 11) is 0. The van der Waals surface area contributed by atoms with Gasteiger partial charge in [0.05, 0.1) is 22.7 Å². The second-order valence-corrected chi connectivity index (χ2v) is 7.30. The van der Waals surface area contributed by atoms with Crippen LogP contribution in [0.1, 0.15) is 21.7 Å². The van der Waals surface area contributed by atoms with Gasteiger partial charge >= 0.3 is 0 Å². The first kappa shape index (κ1) is 17.5. The van der Waals surface area contributed by atoms with Crippen LogP contribution < -0.4 is 5.01 Å². The van der Waals surface area contributed by atoms with Crippen molar-refractivity contribution in [3.05, 3.63) is 82.8 Å². The number of hydrazone groups is 1. The average molecular weight is 396 g/mol. The van der Waals surface area contributed by atoms with Gasteiger partial charge in [0.1, 0.15) is 5.76 Å². The Hall–Kier alpha value is -2.96. The van der Waals surface area contributed by atoms with Crippen molar-refractivity contribution in [2.45, 2.75) is 6.92 Å². The van der Waals surface area contributed by atoms with Gasteiger partial charge < -0.3 is 4.42 Å². The molecule has 0 radical (unpaired) electrons. The third kappa shape index (κ3) is 3.77. The molecule has 0 N–H and O–H groups in total. The van der Waals surface area contributed by atoms with E-state index in [2.05, 4.69) is 10.1 Å². The number of carbonyl (C=O) groups is 1. The van der Waals surface area contributed by atoms with E-state index in [0.29, 0.717) is 21.5 Å². The van der Waals surface area contributed by atoms with E-state index in [1.54, 1.807) is 30.5 Å². The molecular weight excluding hydrogens is 382 g/mol. The summed E-state index contributed by atoms with van der Waals surface area (Å²) in [5, 5.41) is 6.71. The first-order chi connectivity index (χ1) is 13.1. The molecule has 2 aromatic heterocycles. The molecule has 4 rings (SSSR count). The molecule has 2 aromatic carbocycles. The molecule has 0 spiro atoms. The molecule has 0 atom stereocenters. The van der Waals surface area contributed by atoms with Gasteiger partial charge in [-0.1, -0.05) is 40.6 Å². The van der Waals surface area contributed by atoms with E-state index in [0.717, 1.165) is 15.8 Å². The van der Waals surface area contributed by atoms with Crippen LogP contribution in [0.25, 0.3) is 10.2 Å². The highest BCUT2D eigenvalue weighted by Gasteiger charge is 2.21. The summed E-state index contributed by atoms with van der Waals surface area (Å²) in [5.41, 5.74) is 2.28. The van der Waals surface area contributed by atoms with Crippen LogP contribution in [0.5, 0.6) is 0 Å². The fraction of sp³-hybridized carbons (Fsp3) is 0.0500. The van der Waals surface area contributed by atoms with Gasteiger partial charge in [-0.3, -0.25) is 4.79 Å². The normalized spacial score (nSPS) is 11.3. The number of carbonyl (C=O) groups excluding carboxylic acids is 1. The number of thiazole rings is 1. The molecule has 134 valence electrons. The highest BCUT2D eigenvalue weighted by molar-refractivity contribution is 7.22. The summed E-state index contributed by atoms with van der Waals surface area (Å²) in [4.78, 5) is 17.7. The Balaban J connectivity index is 1.77. The molecular formula is C20H14ClN3O2S. The van der Waals surface area contributed by atoms with Crippen LogP contribution in [0.2, 0.25) is 5.02 Å². The molecule has 0 aliphatic carbocycles. The predicted molar refractivity (Wildman–Crippen MR) is 109 cm³/mol. The maximum atomic E-state index is 13.1. The summed E-state index contributed by atoms with van der Waals surface area (Å²) < 4.78 is 6.16. The minimum absolute atomic E-state index is 0.272. The third-order valence-corrected chi connectivity index (χ3v) is 5.05. The minimum Gasteiger partial charge on any atom is -0.463 e. The molecule has 0 saturated carbocycles. The number of rotatable bonds is 4. The maximum Gasteiger partial charge on any atom is 0.280 e. The first-order valence-corrected chi connectivity index (χ1v) is 9.34. The van der Waals surface area contributed by atoms with Gasteiger partial charge in [0.2, 0.25) is 5.13 Å². The van der Waals surface area contributed by atoms with E-state index >= 15 is 0 Å². The number of hydrogen-bond donors (Lipinski definition) is 0. The molecule has 0 aliphatic heterocycles. The van der Waals surface area contributed by atoms with Crippen LogP contribution in [0, 0.1) is 6.92 Å². The van der Waals surface area contributed by atoms with Crippen LogP contribution in [0.4, 0.5) is 5.13 Å². The average Bonchev–Trinajstić information content (AvgIpc) is 3.31. The number of nitrogens with zero attached hydrogens (tertiary/aromatic N) is 3. The number of benzene rings is 2. The fourth-order valence-electron chi connectivity index (χ4n) is 2.55. The largest absolute Gasteiger partial charge is 0.463 e. The Bertz CT molecular complexity index is 1140. The number of hydrogen-bond acceptors (Lipinski definition) is 5. The smallest absolute Gasteiger partial charge is 0.280 e. The quantitative estimate of drug-likeness (QED) is 0.337. The predicted octanol–water partition coefficient (Wildman–Crippen LogP) is 5.53. The second kappa shape index (κ2) is 7.34. The van der Waals surface area contributed by atoms with Gasteiger partial charge in [0.15, 0.2) is 0 Å². The van der Waals surface area contributed by atoms with E-state index in [-0.39, 0.29) is 5.91 Å². The van der Waals surface area contributed by atoms with Gasteiger partial charge in [-0.2, -0.15) is 10.1 Å². The maximum absolute atomic E-state index is 13.1. The van der Waals surface area contributed by atoms with Crippen molar-refractivity contribution in [2.24, 2.45) is 5.10 Å². The van der Waals surface area contributed by atoms with Crippen molar-refractivity contribution in [2.75, 3.05) is 5.01 Å². The lowest BCUT2D eigenvalue weighted by Gasteiger charge is -2.13. The first-order valence-electron chi connectivity index (χ1n) is 8.15. The van der Waals surface area contributed by atoms with Gasteiger partial charge in [-0.15, -0.1) is 0 Å². The highest BCUT2D eigenvalue weighted by atomic mass is 35.5. The van der Waals surface area contributed by atoms with E-state index in [4.69, 9.17) is 16.0 Å². The molecule has 27 heavy (non-hydrogen) atoms. The third-order valence-electron chi connectivity index (χ3n) is 3.82. The Labute approximate surface area is 164 Å². The molecule has 0 fully saturated rings. The number of anilines is 1. The number of aryl methyl sites for hydroxylation is 1. The van der Waals surface area contributed by atoms with Crippen LogP contribution in [0.15, 0.2) is 70.4 Å². The van der Waals surface area contributed by atoms with Crippen molar-refractivity contribution in [3.63, 3.8) is 0 Å². The molecule has 0 bridgehead atoms. The van der Waals surface area contributed by atoms with Crippen molar-refractivity contribution in [1.29, 1.82) is 0 Å². The monoisotopic (exact) mass is 395 g/mol. The molecule has 1 amide bonds. The van der Waals surface area contributed by atoms with Crippen molar-refractivity contribution >= 4 is 50.4 Å².